The van der Waals surface area contributed by atoms with Gasteiger partial charge in [-0.15, -0.1) is 0 Å². The van der Waals surface area contributed by atoms with Crippen molar-refractivity contribution in [2.75, 3.05) is 64.3 Å². The van der Waals surface area contributed by atoms with Gasteiger partial charge in [-0.25, -0.2) is 4.98 Å². The van der Waals surface area contributed by atoms with Gasteiger partial charge in [0.2, 0.25) is 0 Å². The summed E-state index contributed by atoms with van der Waals surface area (Å²) in [6.07, 6.45) is 4.38. The Hall–Kier alpha value is -2.64. The molecule has 2 aliphatic heterocycles. The molecule has 0 bridgehead atoms. The van der Waals surface area contributed by atoms with Crippen LogP contribution in [0, 0.1) is 0 Å². The number of amides is 1. The van der Waals surface area contributed by atoms with Gasteiger partial charge in [0.1, 0.15) is 11.6 Å². The van der Waals surface area contributed by atoms with Crippen LogP contribution in [0.2, 0.25) is 0 Å². The summed E-state index contributed by atoms with van der Waals surface area (Å²) in [6.45, 7) is 10.7. The minimum Gasteiger partial charge on any atom is -0.494 e. The molecule has 0 spiro atoms. The van der Waals surface area contributed by atoms with Crippen LogP contribution < -0.4 is 10.1 Å². The Labute approximate surface area is 185 Å². The molecule has 7 heteroatoms. The molecule has 166 valence electrons. The lowest BCUT2D eigenvalue weighted by molar-refractivity contribution is 0.0627. The van der Waals surface area contributed by atoms with Gasteiger partial charge in [-0.05, 0) is 69.3 Å². The number of hydrogen-bond acceptors (Lipinski definition) is 6. The fraction of sp³-hybridized carbons (Fsp3) is 0.500. The highest BCUT2D eigenvalue weighted by atomic mass is 16.5. The Morgan fingerprint density at radius 2 is 1.65 bits per heavy atom. The van der Waals surface area contributed by atoms with Crippen LogP contribution in [0.4, 0.5) is 11.5 Å². The molecule has 1 aromatic heterocycles. The monoisotopic (exact) mass is 423 g/mol. The summed E-state index contributed by atoms with van der Waals surface area (Å²) in [5.41, 5.74) is 1.49. The Kier molecular flexibility index (Phi) is 7.38. The summed E-state index contributed by atoms with van der Waals surface area (Å²) < 4.78 is 5.50. The summed E-state index contributed by atoms with van der Waals surface area (Å²) in [7, 11) is 0. The van der Waals surface area contributed by atoms with Crippen molar-refractivity contribution in [1.82, 2.24) is 19.7 Å². The van der Waals surface area contributed by atoms with E-state index in [-0.39, 0.29) is 5.91 Å². The van der Waals surface area contributed by atoms with Crippen molar-refractivity contribution in [2.24, 2.45) is 0 Å². The van der Waals surface area contributed by atoms with Crippen molar-refractivity contribution in [1.29, 1.82) is 0 Å². The molecular formula is C24H33N5O2. The van der Waals surface area contributed by atoms with Crippen molar-refractivity contribution in [3.8, 4) is 5.75 Å². The first-order chi connectivity index (χ1) is 15.2. The summed E-state index contributed by atoms with van der Waals surface area (Å²) in [6, 6.07) is 11.4. The molecule has 0 aliphatic carbocycles. The SMILES string of the molecule is CCOc1ccc(Nc2ncccc2C(=O)N2CCN(CCN3CCCC3)CC2)cc1. The number of nitrogens with one attached hydrogen (secondary N) is 1. The van der Waals surface area contributed by atoms with Crippen LogP contribution in [0.3, 0.4) is 0 Å². The van der Waals surface area contributed by atoms with Crippen LogP contribution in [0.25, 0.3) is 0 Å². The van der Waals surface area contributed by atoms with Crippen molar-refractivity contribution in [3.05, 3.63) is 48.2 Å². The number of anilines is 2. The normalized spacial score (nSPS) is 17.6. The predicted molar refractivity (Wildman–Crippen MR) is 123 cm³/mol. The average molecular weight is 424 g/mol. The molecule has 31 heavy (non-hydrogen) atoms. The lowest BCUT2D eigenvalue weighted by atomic mass is 10.2. The second-order valence-corrected chi connectivity index (χ2v) is 8.16. The van der Waals surface area contributed by atoms with Gasteiger partial charge in [-0.3, -0.25) is 9.69 Å². The van der Waals surface area contributed by atoms with Crippen LogP contribution in [0.15, 0.2) is 42.6 Å². The van der Waals surface area contributed by atoms with E-state index in [1.54, 1.807) is 6.20 Å². The maximum atomic E-state index is 13.2. The van der Waals surface area contributed by atoms with E-state index in [0.717, 1.165) is 50.7 Å². The fourth-order valence-corrected chi connectivity index (χ4v) is 4.25. The Bertz CT molecular complexity index is 843. The van der Waals surface area contributed by atoms with Gasteiger partial charge in [0.15, 0.2) is 0 Å². The molecule has 2 saturated heterocycles. The van der Waals surface area contributed by atoms with Gasteiger partial charge in [0.25, 0.3) is 5.91 Å². The first kappa shape index (κ1) is 21.6. The number of ether oxygens (including phenoxy) is 1. The van der Waals surface area contributed by atoms with Gasteiger partial charge in [0.05, 0.1) is 12.2 Å². The van der Waals surface area contributed by atoms with Gasteiger partial charge < -0.3 is 19.9 Å². The molecule has 2 aromatic rings. The lowest BCUT2D eigenvalue weighted by Crippen LogP contribution is -2.50. The highest BCUT2D eigenvalue weighted by Gasteiger charge is 2.24. The quantitative estimate of drug-likeness (QED) is 0.704. The van der Waals surface area contributed by atoms with Gasteiger partial charge in [0, 0.05) is 51.2 Å². The third-order valence-corrected chi connectivity index (χ3v) is 6.06. The minimum absolute atomic E-state index is 0.0423. The van der Waals surface area contributed by atoms with Gasteiger partial charge in [-0.2, -0.15) is 0 Å². The van der Waals surface area contributed by atoms with Gasteiger partial charge >= 0.3 is 0 Å². The Morgan fingerprint density at radius 1 is 0.968 bits per heavy atom. The molecule has 3 heterocycles. The average Bonchev–Trinajstić information content (AvgIpc) is 3.33. The number of likely N-dealkylation sites (tertiary alicyclic amines) is 1. The van der Waals surface area contributed by atoms with Crippen molar-refractivity contribution >= 4 is 17.4 Å². The third-order valence-electron chi connectivity index (χ3n) is 6.06. The van der Waals surface area contributed by atoms with E-state index in [1.165, 1.54) is 25.9 Å². The van der Waals surface area contributed by atoms with Crippen LogP contribution >= 0.6 is 0 Å². The molecule has 1 amide bonds. The maximum absolute atomic E-state index is 13.2. The molecule has 1 aromatic carbocycles. The molecule has 7 nitrogen and oxygen atoms in total. The molecule has 2 fully saturated rings. The second-order valence-electron chi connectivity index (χ2n) is 8.16. The molecule has 0 atom stereocenters. The summed E-state index contributed by atoms with van der Waals surface area (Å²) in [5, 5.41) is 3.29. The zero-order valence-corrected chi connectivity index (χ0v) is 18.4. The Morgan fingerprint density at radius 3 is 2.32 bits per heavy atom. The fourth-order valence-electron chi connectivity index (χ4n) is 4.25. The number of piperazine rings is 1. The molecular weight excluding hydrogens is 390 g/mol. The smallest absolute Gasteiger partial charge is 0.257 e. The molecule has 1 N–H and O–H groups in total. The zero-order valence-electron chi connectivity index (χ0n) is 18.4. The van der Waals surface area contributed by atoms with Crippen LogP contribution in [-0.4, -0.2) is 84.6 Å². The zero-order chi connectivity index (χ0) is 21.5. The largest absolute Gasteiger partial charge is 0.494 e. The number of rotatable bonds is 8. The molecule has 2 aliphatic rings. The predicted octanol–water partition coefficient (Wildman–Crippen LogP) is 3.08. The van der Waals surface area contributed by atoms with Crippen molar-refractivity contribution in [2.45, 2.75) is 19.8 Å². The van der Waals surface area contributed by atoms with Crippen molar-refractivity contribution < 1.29 is 9.53 Å². The number of hydrogen-bond donors (Lipinski definition) is 1. The van der Waals surface area contributed by atoms with Crippen LogP contribution in [0.5, 0.6) is 5.75 Å². The number of aromatic nitrogens is 1. The number of carbonyl (C=O) groups is 1. The molecule has 0 radical (unpaired) electrons. The summed E-state index contributed by atoms with van der Waals surface area (Å²) >= 11 is 0. The Balaban J connectivity index is 1.33. The van der Waals surface area contributed by atoms with Crippen molar-refractivity contribution in [3.63, 3.8) is 0 Å². The van der Waals surface area contributed by atoms with E-state index >= 15 is 0 Å². The highest BCUT2D eigenvalue weighted by molar-refractivity contribution is 5.99. The van der Waals surface area contributed by atoms with E-state index in [4.69, 9.17) is 4.74 Å². The minimum atomic E-state index is 0.0423. The number of pyridine rings is 1. The first-order valence-electron chi connectivity index (χ1n) is 11.4. The third kappa shape index (κ3) is 5.74. The van der Waals surface area contributed by atoms with E-state index in [1.807, 2.05) is 48.2 Å². The van der Waals surface area contributed by atoms with E-state index < -0.39 is 0 Å². The van der Waals surface area contributed by atoms with Crippen LogP contribution in [0.1, 0.15) is 30.1 Å². The molecule has 0 unspecified atom stereocenters. The van der Waals surface area contributed by atoms with Crippen LogP contribution in [-0.2, 0) is 0 Å². The number of carbonyl (C=O) groups excluding carboxylic acids is 1. The maximum Gasteiger partial charge on any atom is 0.257 e. The highest BCUT2D eigenvalue weighted by Crippen LogP contribution is 2.23. The topological polar surface area (TPSA) is 60.9 Å². The summed E-state index contributed by atoms with van der Waals surface area (Å²) in [5.74, 6) is 1.46. The van der Waals surface area contributed by atoms with E-state index in [2.05, 4.69) is 20.1 Å². The lowest BCUT2D eigenvalue weighted by Gasteiger charge is -2.35. The second kappa shape index (κ2) is 10.6. The number of benzene rings is 1. The first-order valence-corrected chi connectivity index (χ1v) is 11.4. The van der Waals surface area contributed by atoms with E-state index in [9.17, 15) is 4.79 Å². The summed E-state index contributed by atoms with van der Waals surface area (Å²) in [4.78, 5) is 24.6. The standard InChI is InChI=1S/C24H33N5O2/c1-2-31-21-9-7-20(8-10-21)26-23-22(6-5-11-25-23)24(30)29-18-16-28(17-19-29)15-14-27-12-3-4-13-27/h5-11H,2-4,12-19H2,1H3,(H,25,26). The molecule has 0 saturated carbocycles. The number of nitrogens with zero attached hydrogens (tertiary/aromatic N) is 4. The molecule has 4 rings (SSSR count). The van der Waals surface area contributed by atoms with E-state index in [0.29, 0.717) is 18.0 Å². The van der Waals surface area contributed by atoms with Gasteiger partial charge in [-0.1, -0.05) is 0 Å².